The quantitative estimate of drug-likeness (QED) is 0.701. The maximum absolute atomic E-state index is 12.4. The Balaban J connectivity index is 1.74. The van der Waals surface area contributed by atoms with E-state index >= 15 is 0 Å². The molecule has 0 saturated carbocycles. The van der Waals surface area contributed by atoms with Crippen LogP contribution < -0.4 is 11.1 Å². The predicted molar refractivity (Wildman–Crippen MR) is 102 cm³/mol. The molecule has 3 N–H and O–H groups in total. The van der Waals surface area contributed by atoms with Gasteiger partial charge in [0.2, 0.25) is 0 Å². The topological polar surface area (TPSA) is 108 Å². The first-order chi connectivity index (χ1) is 12.8. The number of carbonyl (C=O) groups is 2. The van der Waals surface area contributed by atoms with Crippen molar-refractivity contribution < 1.29 is 9.59 Å². The predicted octanol–water partition coefficient (Wildman–Crippen LogP) is 2.29. The summed E-state index contributed by atoms with van der Waals surface area (Å²) in [6.07, 6.45) is 1.39. The van der Waals surface area contributed by atoms with Gasteiger partial charge in [0, 0.05) is 12.6 Å². The molecule has 8 nitrogen and oxygen atoms in total. The van der Waals surface area contributed by atoms with Crippen molar-refractivity contribution in [3.05, 3.63) is 63.7 Å². The number of carbonyl (C=O) groups excluding carboxylic acids is 2. The van der Waals surface area contributed by atoms with Gasteiger partial charge in [-0.05, 0) is 31.5 Å². The van der Waals surface area contributed by atoms with Crippen LogP contribution >= 0.6 is 11.6 Å². The fourth-order valence-corrected chi connectivity index (χ4v) is 2.91. The summed E-state index contributed by atoms with van der Waals surface area (Å²) in [5.74, 6) is -1.02. The molecule has 0 aliphatic rings. The second kappa shape index (κ2) is 7.24. The average molecular weight is 387 g/mol. The van der Waals surface area contributed by atoms with E-state index in [1.54, 1.807) is 19.2 Å². The Bertz CT molecular complexity index is 1020. The monoisotopic (exact) mass is 386 g/mol. The largest absolute Gasteiger partial charge is 0.364 e. The molecule has 27 heavy (non-hydrogen) atoms. The molecule has 0 spiro atoms. The molecule has 0 saturated heterocycles. The van der Waals surface area contributed by atoms with Crippen molar-refractivity contribution in [1.29, 1.82) is 0 Å². The minimum absolute atomic E-state index is 0.140. The highest BCUT2D eigenvalue weighted by Gasteiger charge is 2.17. The van der Waals surface area contributed by atoms with Crippen LogP contribution in [-0.2, 0) is 13.6 Å². The van der Waals surface area contributed by atoms with Gasteiger partial charge in [0.05, 0.1) is 34.8 Å². The van der Waals surface area contributed by atoms with Crippen LogP contribution in [0.2, 0.25) is 5.02 Å². The molecule has 1 aromatic carbocycles. The number of amides is 2. The molecule has 3 aromatic rings. The average Bonchev–Trinajstić information content (AvgIpc) is 3.10. The van der Waals surface area contributed by atoms with Crippen LogP contribution in [0.1, 0.15) is 37.8 Å². The number of aryl methyl sites for hydroxylation is 2. The van der Waals surface area contributed by atoms with Crippen LogP contribution in [0.4, 0.5) is 5.69 Å². The Kier molecular flexibility index (Phi) is 5.00. The Labute approximate surface area is 160 Å². The van der Waals surface area contributed by atoms with E-state index in [-0.39, 0.29) is 17.3 Å². The first kappa shape index (κ1) is 18.7. The standard InChI is InChI=1S/C18H19ClN6O2/c1-10-15(19)11(2)25(23-10)9-12-4-6-13(7-5-12)18(27)22-14-8-21-24(3)16(14)17(20)26/h4-8H,9H2,1-3H3,(H2,20,26)(H,22,27). The lowest BCUT2D eigenvalue weighted by molar-refractivity contribution is 0.0992. The van der Waals surface area contributed by atoms with Crippen molar-refractivity contribution in [3.8, 4) is 0 Å². The summed E-state index contributed by atoms with van der Waals surface area (Å²) in [5.41, 5.74) is 8.85. The Hall–Kier alpha value is -3.13. The van der Waals surface area contributed by atoms with E-state index in [1.807, 2.05) is 30.7 Å². The van der Waals surface area contributed by atoms with Gasteiger partial charge in [-0.3, -0.25) is 19.0 Å². The third kappa shape index (κ3) is 3.70. The Morgan fingerprint density at radius 3 is 2.44 bits per heavy atom. The molecule has 0 aliphatic heterocycles. The van der Waals surface area contributed by atoms with Gasteiger partial charge in [-0.15, -0.1) is 0 Å². The lowest BCUT2D eigenvalue weighted by Gasteiger charge is -2.08. The molecule has 0 bridgehead atoms. The van der Waals surface area contributed by atoms with E-state index in [0.717, 1.165) is 17.0 Å². The summed E-state index contributed by atoms with van der Waals surface area (Å²) < 4.78 is 3.14. The third-order valence-corrected chi connectivity index (χ3v) is 4.81. The van der Waals surface area contributed by atoms with Gasteiger partial charge in [-0.1, -0.05) is 23.7 Å². The molecule has 0 atom stereocenters. The van der Waals surface area contributed by atoms with Crippen LogP contribution in [0, 0.1) is 13.8 Å². The minimum Gasteiger partial charge on any atom is -0.364 e. The first-order valence-electron chi connectivity index (χ1n) is 8.19. The van der Waals surface area contributed by atoms with Crippen LogP contribution in [0.3, 0.4) is 0 Å². The molecular formula is C18H19ClN6O2. The number of benzene rings is 1. The van der Waals surface area contributed by atoms with Gasteiger partial charge in [-0.25, -0.2) is 0 Å². The number of nitrogens with zero attached hydrogens (tertiary/aromatic N) is 4. The van der Waals surface area contributed by atoms with E-state index in [2.05, 4.69) is 15.5 Å². The van der Waals surface area contributed by atoms with E-state index in [1.165, 1.54) is 10.9 Å². The lowest BCUT2D eigenvalue weighted by Crippen LogP contribution is -2.20. The lowest BCUT2D eigenvalue weighted by atomic mass is 10.1. The number of primary amides is 1. The van der Waals surface area contributed by atoms with E-state index in [0.29, 0.717) is 17.1 Å². The molecule has 9 heteroatoms. The van der Waals surface area contributed by atoms with Crippen molar-refractivity contribution in [2.24, 2.45) is 12.8 Å². The number of halogens is 1. The van der Waals surface area contributed by atoms with Crippen LogP contribution in [-0.4, -0.2) is 31.4 Å². The molecule has 2 amide bonds. The normalized spacial score (nSPS) is 10.8. The summed E-state index contributed by atoms with van der Waals surface area (Å²) >= 11 is 6.17. The molecule has 0 radical (unpaired) electrons. The van der Waals surface area contributed by atoms with Gasteiger partial charge in [0.15, 0.2) is 0 Å². The smallest absolute Gasteiger partial charge is 0.269 e. The maximum atomic E-state index is 12.4. The van der Waals surface area contributed by atoms with Gasteiger partial charge >= 0.3 is 0 Å². The summed E-state index contributed by atoms with van der Waals surface area (Å²) in [5, 5.41) is 11.7. The van der Waals surface area contributed by atoms with Gasteiger partial charge in [0.1, 0.15) is 5.69 Å². The van der Waals surface area contributed by atoms with Crippen molar-refractivity contribution in [2.45, 2.75) is 20.4 Å². The molecule has 0 aliphatic carbocycles. The number of hydrogen-bond donors (Lipinski definition) is 2. The molecular weight excluding hydrogens is 368 g/mol. The SMILES string of the molecule is Cc1nn(Cc2ccc(C(=O)Nc3cnn(C)c3C(N)=O)cc2)c(C)c1Cl. The van der Waals surface area contributed by atoms with Crippen LogP contribution in [0.25, 0.3) is 0 Å². The number of hydrogen-bond acceptors (Lipinski definition) is 4. The minimum atomic E-state index is -0.663. The van der Waals surface area contributed by atoms with Gasteiger partial charge in [0.25, 0.3) is 11.8 Å². The van der Waals surface area contributed by atoms with E-state index in [4.69, 9.17) is 17.3 Å². The number of anilines is 1. The van der Waals surface area contributed by atoms with Gasteiger partial charge in [-0.2, -0.15) is 10.2 Å². The number of nitrogens with one attached hydrogen (secondary N) is 1. The number of aromatic nitrogens is 4. The van der Waals surface area contributed by atoms with Crippen molar-refractivity contribution in [3.63, 3.8) is 0 Å². The van der Waals surface area contributed by atoms with Crippen LogP contribution in [0.15, 0.2) is 30.5 Å². The number of rotatable bonds is 5. The Morgan fingerprint density at radius 1 is 1.22 bits per heavy atom. The molecule has 140 valence electrons. The second-order valence-electron chi connectivity index (χ2n) is 6.19. The number of nitrogens with two attached hydrogens (primary N) is 1. The highest BCUT2D eigenvalue weighted by molar-refractivity contribution is 6.31. The van der Waals surface area contributed by atoms with Crippen LogP contribution in [0.5, 0.6) is 0 Å². The zero-order chi connectivity index (χ0) is 19.7. The fourth-order valence-electron chi connectivity index (χ4n) is 2.78. The zero-order valence-electron chi connectivity index (χ0n) is 15.2. The zero-order valence-corrected chi connectivity index (χ0v) is 15.9. The highest BCUT2D eigenvalue weighted by atomic mass is 35.5. The second-order valence-corrected chi connectivity index (χ2v) is 6.57. The fraction of sp³-hybridized carbons (Fsp3) is 0.222. The summed E-state index contributed by atoms with van der Waals surface area (Å²) in [6.45, 7) is 4.32. The summed E-state index contributed by atoms with van der Waals surface area (Å²) in [7, 11) is 1.58. The Morgan fingerprint density at radius 2 is 1.89 bits per heavy atom. The molecule has 0 unspecified atom stereocenters. The van der Waals surface area contributed by atoms with Crippen molar-refractivity contribution >= 4 is 29.1 Å². The third-order valence-electron chi connectivity index (χ3n) is 4.26. The van der Waals surface area contributed by atoms with Gasteiger partial charge < -0.3 is 11.1 Å². The summed E-state index contributed by atoms with van der Waals surface area (Å²) in [6, 6.07) is 7.10. The first-order valence-corrected chi connectivity index (χ1v) is 8.57. The van der Waals surface area contributed by atoms with E-state index < -0.39 is 5.91 Å². The highest BCUT2D eigenvalue weighted by Crippen LogP contribution is 2.20. The molecule has 2 heterocycles. The van der Waals surface area contributed by atoms with Crippen molar-refractivity contribution in [2.75, 3.05) is 5.32 Å². The summed E-state index contributed by atoms with van der Waals surface area (Å²) in [4.78, 5) is 23.9. The molecule has 3 rings (SSSR count). The molecule has 0 fully saturated rings. The molecule has 2 aromatic heterocycles. The maximum Gasteiger partial charge on any atom is 0.269 e. The van der Waals surface area contributed by atoms with Crippen molar-refractivity contribution in [1.82, 2.24) is 19.6 Å². The van der Waals surface area contributed by atoms with E-state index in [9.17, 15) is 9.59 Å².